The highest BCUT2D eigenvalue weighted by atomic mass is 16.5. The van der Waals surface area contributed by atoms with E-state index >= 15 is 0 Å². The fourth-order valence-electron chi connectivity index (χ4n) is 2.04. The Bertz CT molecular complexity index is 681. The minimum atomic E-state index is -0.639. The smallest absolute Gasteiger partial charge is 0.267 e. The molecule has 0 aliphatic heterocycles. The van der Waals surface area contributed by atoms with E-state index in [0.717, 1.165) is 11.3 Å². The summed E-state index contributed by atoms with van der Waals surface area (Å²) < 4.78 is 10.8. The Hall–Kier alpha value is -2.30. The van der Waals surface area contributed by atoms with Crippen molar-refractivity contribution in [2.75, 3.05) is 5.32 Å². The van der Waals surface area contributed by atoms with Crippen molar-refractivity contribution < 1.29 is 14.1 Å². The SMILES string of the molecule is Cc1noc(NC(=O)[C@H](C)Oc2ccc(C(C)(C)C)cc2)c1C. The second kappa shape index (κ2) is 6.44. The molecule has 5 nitrogen and oxygen atoms in total. The summed E-state index contributed by atoms with van der Waals surface area (Å²) in [5.74, 6) is 0.751. The van der Waals surface area contributed by atoms with Crippen molar-refractivity contribution in [2.45, 2.75) is 53.1 Å². The van der Waals surface area contributed by atoms with E-state index in [0.29, 0.717) is 11.6 Å². The third-order valence-corrected chi connectivity index (χ3v) is 3.80. The molecule has 0 saturated carbocycles. The maximum absolute atomic E-state index is 12.2. The lowest BCUT2D eigenvalue weighted by Crippen LogP contribution is -2.30. The van der Waals surface area contributed by atoms with Crippen LogP contribution in [-0.4, -0.2) is 17.2 Å². The summed E-state index contributed by atoms with van der Waals surface area (Å²) in [5.41, 5.74) is 2.88. The molecule has 1 heterocycles. The Morgan fingerprint density at radius 3 is 2.30 bits per heavy atom. The fraction of sp³-hybridized carbons (Fsp3) is 0.444. The molecule has 2 rings (SSSR count). The predicted octanol–water partition coefficient (Wildman–Crippen LogP) is 3.99. The van der Waals surface area contributed by atoms with Crippen LogP contribution in [0.2, 0.25) is 0 Å². The molecular weight excluding hydrogens is 292 g/mol. The van der Waals surface area contributed by atoms with Gasteiger partial charge in [0.15, 0.2) is 6.10 Å². The first-order valence-electron chi connectivity index (χ1n) is 7.69. The van der Waals surface area contributed by atoms with Crippen molar-refractivity contribution in [3.63, 3.8) is 0 Å². The van der Waals surface area contributed by atoms with Gasteiger partial charge in [0.1, 0.15) is 5.75 Å². The molecular formula is C18H24N2O3. The molecule has 1 aromatic carbocycles. The molecule has 1 N–H and O–H groups in total. The number of nitrogens with one attached hydrogen (secondary N) is 1. The number of rotatable bonds is 4. The summed E-state index contributed by atoms with van der Waals surface area (Å²) in [5, 5.41) is 6.51. The minimum Gasteiger partial charge on any atom is -0.481 e. The second-order valence-electron chi connectivity index (χ2n) is 6.75. The lowest BCUT2D eigenvalue weighted by atomic mass is 9.87. The summed E-state index contributed by atoms with van der Waals surface area (Å²) in [6.45, 7) is 11.8. The zero-order chi connectivity index (χ0) is 17.2. The number of aromatic nitrogens is 1. The van der Waals surface area contributed by atoms with Crippen molar-refractivity contribution in [2.24, 2.45) is 0 Å². The monoisotopic (exact) mass is 316 g/mol. The first-order valence-corrected chi connectivity index (χ1v) is 7.69. The molecule has 0 aliphatic carbocycles. The van der Waals surface area contributed by atoms with Crippen molar-refractivity contribution in [1.29, 1.82) is 0 Å². The highest BCUT2D eigenvalue weighted by Crippen LogP contribution is 2.25. The fourth-order valence-corrected chi connectivity index (χ4v) is 2.04. The van der Waals surface area contributed by atoms with Crippen LogP contribution in [0.15, 0.2) is 28.8 Å². The van der Waals surface area contributed by atoms with Crippen LogP contribution in [0.25, 0.3) is 0 Å². The number of hydrogen-bond donors (Lipinski definition) is 1. The van der Waals surface area contributed by atoms with E-state index in [4.69, 9.17) is 9.26 Å². The van der Waals surface area contributed by atoms with Crippen molar-refractivity contribution >= 4 is 11.8 Å². The zero-order valence-corrected chi connectivity index (χ0v) is 14.6. The topological polar surface area (TPSA) is 64.4 Å². The van der Waals surface area contributed by atoms with Crippen LogP contribution >= 0.6 is 0 Å². The van der Waals surface area contributed by atoms with Crippen LogP contribution in [0, 0.1) is 13.8 Å². The molecule has 0 fully saturated rings. The maximum Gasteiger partial charge on any atom is 0.267 e. The van der Waals surface area contributed by atoms with Gasteiger partial charge >= 0.3 is 0 Å². The van der Waals surface area contributed by atoms with Gasteiger partial charge in [-0.3, -0.25) is 10.1 Å². The van der Waals surface area contributed by atoms with Crippen molar-refractivity contribution in [3.8, 4) is 5.75 Å². The molecule has 124 valence electrons. The number of ether oxygens (including phenoxy) is 1. The summed E-state index contributed by atoms with van der Waals surface area (Å²) in [4.78, 5) is 12.2. The highest BCUT2D eigenvalue weighted by molar-refractivity contribution is 5.93. The van der Waals surface area contributed by atoms with Gasteiger partial charge in [-0.2, -0.15) is 0 Å². The van der Waals surface area contributed by atoms with Gasteiger partial charge in [-0.05, 0) is 43.9 Å². The minimum absolute atomic E-state index is 0.0865. The van der Waals surface area contributed by atoms with E-state index in [1.165, 1.54) is 5.56 Å². The van der Waals surface area contributed by atoms with Crippen LogP contribution in [-0.2, 0) is 10.2 Å². The van der Waals surface area contributed by atoms with Crippen LogP contribution in [0.5, 0.6) is 5.75 Å². The van der Waals surface area contributed by atoms with Crippen LogP contribution < -0.4 is 10.1 Å². The first kappa shape index (κ1) is 17.1. The van der Waals surface area contributed by atoms with Crippen molar-refractivity contribution in [1.82, 2.24) is 5.16 Å². The van der Waals surface area contributed by atoms with E-state index in [2.05, 4.69) is 31.2 Å². The lowest BCUT2D eigenvalue weighted by molar-refractivity contribution is -0.122. The normalized spacial score (nSPS) is 12.8. The Morgan fingerprint density at radius 2 is 1.83 bits per heavy atom. The van der Waals surface area contributed by atoms with Crippen LogP contribution in [0.3, 0.4) is 0 Å². The standard InChI is InChI=1S/C18H24N2O3/c1-11-12(2)20-23-17(11)19-16(21)13(3)22-15-9-7-14(8-10-15)18(4,5)6/h7-10,13H,1-6H3,(H,19,21)/t13-/m0/s1. The van der Waals surface area contributed by atoms with Gasteiger partial charge < -0.3 is 9.26 Å². The third kappa shape index (κ3) is 4.12. The predicted molar refractivity (Wildman–Crippen MR) is 89.8 cm³/mol. The number of carbonyl (C=O) groups excluding carboxylic acids is 1. The largest absolute Gasteiger partial charge is 0.481 e. The molecule has 5 heteroatoms. The number of carbonyl (C=O) groups is 1. The van der Waals surface area contributed by atoms with Gasteiger partial charge in [0.05, 0.1) is 5.69 Å². The zero-order valence-electron chi connectivity index (χ0n) is 14.6. The Kier molecular flexibility index (Phi) is 4.78. The average Bonchev–Trinajstić information content (AvgIpc) is 2.79. The van der Waals surface area contributed by atoms with Gasteiger partial charge in [0, 0.05) is 5.56 Å². The quantitative estimate of drug-likeness (QED) is 0.926. The molecule has 1 aromatic heterocycles. The summed E-state index contributed by atoms with van der Waals surface area (Å²) >= 11 is 0. The van der Waals surface area contributed by atoms with E-state index in [9.17, 15) is 4.79 Å². The van der Waals surface area contributed by atoms with Gasteiger partial charge in [0.2, 0.25) is 5.88 Å². The average molecular weight is 316 g/mol. The Balaban J connectivity index is 1.99. The number of anilines is 1. The highest BCUT2D eigenvalue weighted by Gasteiger charge is 2.19. The second-order valence-corrected chi connectivity index (χ2v) is 6.75. The van der Waals surface area contributed by atoms with Crippen LogP contribution in [0.4, 0.5) is 5.88 Å². The third-order valence-electron chi connectivity index (χ3n) is 3.80. The molecule has 23 heavy (non-hydrogen) atoms. The molecule has 2 aromatic rings. The Morgan fingerprint density at radius 1 is 1.22 bits per heavy atom. The molecule has 0 spiro atoms. The van der Waals surface area contributed by atoms with Crippen LogP contribution in [0.1, 0.15) is 44.5 Å². The first-order chi connectivity index (χ1) is 10.7. The van der Waals surface area contributed by atoms with Crippen molar-refractivity contribution in [3.05, 3.63) is 41.1 Å². The number of hydrogen-bond acceptors (Lipinski definition) is 4. The van der Waals surface area contributed by atoms with Gasteiger partial charge in [-0.15, -0.1) is 0 Å². The molecule has 0 saturated heterocycles. The van der Waals surface area contributed by atoms with Gasteiger partial charge in [-0.1, -0.05) is 38.1 Å². The molecule has 0 unspecified atom stereocenters. The summed E-state index contributed by atoms with van der Waals surface area (Å²) in [7, 11) is 0. The van der Waals surface area contributed by atoms with E-state index in [1.54, 1.807) is 6.92 Å². The van der Waals surface area contributed by atoms with Gasteiger partial charge in [0.25, 0.3) is 5.91 Å². The summed E-state index contributed by atoms with van der Waals surface area (Å²) in [6, 6.07) is 7.80. The number of aryl methyl sites for hydroxylation is 1. The molecule has 1 atom stereocenters. The molecule has 0 aliphatic rings. The molecule has 1 amide bonds. The molecule has 0 bridgehead atoms. The summed E-state index contributed by atoms with van der Waals surface area (Å²) in [6.07, 6.45) is -0.639. The number of benzene rings is 1. The lowest BCUT2D eigenvalue weighted by Gasteiger charge is -2.20. The molecule has 0 radical (unpaired) electrons. The number of amides is 1. The van der Waals surface area contributed by atoms with E-state index < -0.39 is 6.10 Å². The number of nitrogens with zero attached hydrogens (tertiary/aromatic N) is 1. The maximum atomic E-state index is 12.2. The van der Waals surface area contributed by atoms with E-state index in [1.807, 2.05) is 38.1 Å². The van der Waals surface area contributed by atoms with E-state index in [-0.39, 0.29) is 11.3 Å². The Labute approximate surface area is 137 Å². The van der Waals surface area contributed by atoms with Gasteiger partial charge in [-0.25, -0.2) is 0 Å².